The highest BCUT2D eigenvalue weighted by molar-refractivity contribution is 4.76. The fourth-order valence-electron chi connectivity index (χ4n) is 1.71. The van der Waals surface area contributed by atoms with E-state index < -0.39 is 0 Å². The number of hydrogen-bond acceptors (Lipinski definition) is 1. The minimum Gasteiger partial charge on any atom is -0.307 e. The van der Waals surface area contributed by atoms with E-state index in [1.54, 1.807) is 0 Å². The number of hydrogen-bond donors (Lipinski definition) is 0. The first kappa shape index (κ1) is 14.0. The van der Waals surface area contributed by atoms with Crippen LogP contribution in [0.2, 0.25) is 0 Å². The Morgan fingerprint density at radius 3 is 2.21 bits per heavy atom. The Morgan fingerprint density at radius 2 is 1.79 bits per heavy atom. The Hall–Kier alpha value is -0.0400. The zero-order valence-corrected chi connectivity index (χ0v) is 11.1. The fourth-order valence-corrected chi connectivity index (χ4v) is 1.71. The van der Waals surface area contributed by atoms with E-state index in [4.69, 9.17) is 0 Å². The lowest BCUT2D eigenvalue weighted by Gasteiger charge is -2.33. The van der Waals surface area contributed by atoms with Gasteiger partial charge < -0.3 is 4.90 Å². The normalized spacial score (nSPS) is 14.8. The van der Waals surface area contributed by atoms with Crippen LogP contribution in [0.3, 0.4) is 0 Å². The summed E-state index contributed by atoms with van der Waals surface area (Å²) in [4.78, 5) is 2.40. The molecule has 0 aromatic heterocycles. The molecule has 0 rings (SSSR count). The molecule has 0 bridgehead atoms. The van der Waals surface area contributed by atoms with Crippen molar-refractivity contribution >= 4 is 0 Å². The largest absolute Gasteiger partial charge is 0.307 e. The third kappa shape index (κ3) is 4.99. The summed E-state index contributed by atoms with van der Waals surface area (Å²) in [5.74, 6) is 0.845. The van der Waals surface area contributed by atoms with E-state index in [9.17, 15) is 0 Å². The van der Waals surface area contributed by atoms with E-state index in [-0.39, 0.29) is 0 Å². The van der Waals surface area contributed by atoms with Gasteiger partial charge in [0.1, 0.15) is 0 Å². The topological polar surface area (TPSA) is 3.24 Å². The number of nitrogens with zero attached hydrogens (tertiary/aromatic N) is 1. The molecule has 0 saturated carbocycles. The van der Waals surface area contributed by atoms with Crippen molar-refractivity contribution in [3.05, 3.63) is 0 Å². The molecule has 1 heteroatoms. The molecule has 0 saturated heterocycles. The summed E-state index contributed by atoms with van der Waals surface area (Å²) >= 11 is 0. The highest BCUT2D eigenvalue weighted by atomic mass is 15.1. The van der Waals surface area contributed by atoms with E-state index >= 15 is 0 Å². The maximum Gasteiger partial charge on any atom is -0.00167 e. The van der Waals surface area contributed by atoms with E-state index in [0.717, 1.165) is 12.5 Å². The second-order valence-electron chi connectivity index (χ2n) is 5.32. The first-order valence-electron chi connectivity index (χ1n) is 6.12. The van der Waals surface area contributed by atoms with Gasteiger partial charge in [0.2, 0.25) is 0 Å². The molecule has 1 atom stereocenters. The fraction of sp³-hybridized carbons (Fsp3) is 1.00. The van der Waals surface area contributed by atoms with Crippen molar-refractivity contribution in [3.8, 4) is 0 Å². The zero-order valence-electron chi connectivity index (χ0n) is 11.1. The van der Waals surface area contributed by atoms with Crippen molar-refractivity contribution < 1.29 is 0 Å². The van der Waals surface area contributed by atoms with Gasteiger partial charge in [-0.15, -0.1) is 0 Å². The molecule has 0 aliphatic rings. The molecule has 1 nitrogen and oxygen atoms in total. The molecule has 0 N–H and O–H groups in total. The Balaban J connectivity index is 3.92. The van der Waals surface area contributed by atoms with Gasteiger partial charge >= 0.3 is 0 Å². The van der Waals surface area contributed by atoms with E-state index in [0.29, 0.717) is 5.41 Å². The summed E-state index contributed by atoms with van der Waals surface area (Å²) in [6.45, 7) is 14.1. The van der Waals surface area contributed by atoms with Crippen LogP contribution in [-0.4, -0.2) is 25.0 Å². The van der Waals surface area contributed by atoms with Crippen LogP contribution in [-0.2, 0) is 0 Å². The number of rotatable bonds is 7. The summed E-state index contributed by atoms with van der Waals surface area (Å²) in [6, 6.07) is 0. The first-order valence-corrected chi connectivity index (χ1v) is 6.12. The van der Waals surface area contributed by atoms with Gasteiger partial charge in [0, 0.05) is 0 Å². The summed E-state index contributed by atoms with van der Waals surface area (Å²) < 4.78 is 0. The third-order valence-electron chi connectivity index (χ3n) is 3.73. The molecule has 1 unspecified atom stereocenters. The Morgan fingerprint density at radius 1 is 1.21 bits per heavy atom. The van der Waals surface area contributed by atoms with Crippen LogP contribution in [0.4, 0.5) is 0 Å². The average Bonchev–Trinajstić information content (AvgIpc) is 2.14. The summed E-state index contributed by atoms with van der Waals surface area (Å²) in [5.41, 5.74) is 0.499. The van der Waals surface area contributed by atoms with Crippen LogP contribution in [0.5, 0.6) is 0 Å². The first-order chi connectivity index (χ1) is 6.44. The van der Waals surface area contributed by atoms with Gasteiger partial charge in [-0.3, -0.25) is 0 Å². The molecular weight excluding hydrogens is 170 g/mol. The molecular formula is C13H29N. The predicted molar refractivity (Wildman–Crippen MR) is 65.6 cm³/mol. The SMILES string of the molecule is CCCC(C)C(C)(C)CCN(C)CC. The minimum absolute atomic E-state index is 0.499. The second kappa shape index (κ2) is 6.44. The van der Waals surface area contributed by atoms with Gasteiger partial charge in [-0.2, -0.15) is 0 Å². The highest BCUT2D eigenvalue weighted by Gasteiger charge is 2.24. The maximum absolute atomic E-state index is 2.41. The van der Waals surface area contributed by atoms with Crippen molar-refractivity contribution in [2.75, 3.05) is 20.1 Å². The summed E-state index contributed by atoms with van der Waals surface area (Å²) in [5, 5.41) is 0. The standard InChI is InChI=1S/C13H29N/c1-7-9-12(3)13(4,5)10-11-14(6)8-2/h12H,7-11H2,1-6H3. The van der Waals surface area contributed by atoms with Crippen LogP contribution >= 0.6 is 0 Å². The molecule has 0 aliphatic carbocycles. The van der Waals surface area contributed by atoms with E-state index in [2.05, 4.69) is 46.6 Å². The molecule has 0 amide bonds. The van der Waals surface area contributed by atoms with Crippen molar-refractivity contribution in [1.82, 2.24) is 4.90 Å². The quantitative estimate of drug-likeness (QED) is 0.603. The Kier molecular flexibility index (Phi) is 6.43. The van der Waals surface area contributed by atoms with Crippen molar-refractivity contribution in [2.24, 2.45) is 11.3 Å². The minimum atomic E-state index is 0.499. The third-order valence-corrected chi connectivity index (χ3v) is 3.73. The molecule has 0 aliphatic heterocycles. The van der Waals surface area contributed by atoms with Crippen LogP contribution in [0, 0.1) is 11.3 Å². The molecule has 0 fully saturated rings. The predicted octanol–water partition coefficient (Wildman–Crippen LogP) is 3.79. The highest BCUT2D eigenvalue weighted by Crippen LogP contribution is 2.33. The van der Waals surface area contributed by atoms with Gasteiger partial charge in [0.25, 0.3) is 0 Å². The van der Waals surface area contributed by atoms with Crippen LogP contribution < -0.4 is 0 Å². The molecule has 0 radical (unpaired) electrons. The Bertz CT molecular complexity index is 140. The van der Waals surface area contributed by atoms with Gasteiger partial charge in [0.15, 0.2) is 0 Å². The molecule has 0 aromatic rings. The summed E-state index contributed by atoms with van der Waals surface area (Å²) in [6.07, 6.45) is 4.00. The smallest absolute Gasteiger partial charge is 0.00167 e. The van der Waals surface area contributed by atoms with Gasteiger partial charge in [-0.05, 0) is 37.9 Å². The van der Waals surface area contributed by atoms with Gasteiger partial charge in [-0.1, -0.05) is 47.5 Å². The average molecular weight is 199 g/mol. The van der Waals surface area contributed by atoms with E-state index in [1.165, 1.54) is 25.8 Å². The van der Waals surface area contributed by atoms with Crippen LogP contribution in [0.15, 0.2) is 0 Å². The van der Waals surface area contributed by atoms with E-state index in [1.807, 2.05) is 0 Å². The molecule has 0 aromatic carbocycles. The van der Waals surface area contributed by atoms with Gasteiger partial charge in [-0.25, -0.2) is 0 Å². The monoisotopic (exact) mass is 199 g/mol. The van der Waals surface area contributed by atoms with Gasteiger partial charge in [0.05, 0.1) is 0 Å². The zero-order chi connectivity index (χ0) is 11.2. The van der Waals surface area contributed by atoms with Crippen molar-refractivity contribution in [3.63, 3.8) is 0 Å². The lowest BCUT2D eigenvalue weighted by molar-refractivity contribution is 0.171. The maximum atomic E-state index is 2.41. The molecule has 86 valence electrons. The lowest BCUT2D eigenvalue weighted by Crippen LogP contribution is -2.28. The molecule has 14 heavy (non-hydrogen) atoms. The van der Waals surface area contributed by atoms with Crippen molar-refractivity contribution in [1.29, 1.82) is 0 Å². The summed E-state index contributed by atoms with van der Waals surface area (Å²) in [7, 11) is 2.21. The molecule has 0 spiro atoms. The Labute approximate surface area is 90.9 Å². The van der Waals surface area contributed by atoms with Crippen molar-refractivity contribution in [2.45, 2.75) is 53.9 Å². The molecule has 0 heterocycles. The van der Waals surface area contributed by atoms with Crippen LogP contribution in [0.1, 0.15) is 53.9 Å². The lowest BCUT2D eigenvalue weighted by atomic mass is 9.75. The van der Waals surface area contributed by atoms with Crippen LogP contribution in [0.25, 0.3) is 0 Å². The second-order valence-corrected chi connectivity index (χ2v) is 5.32.